The van der Waals surface area contributed by atoms with Gasteiger partial charge in [-0.15, -0.1) is 0 Å². The van der Waals surface area contributed by atoms with Gasteiger partial charge < -0.3 is 18.8 Å². The van der Waals surface area contributed by atoms with Gasteiger partial charge in [-0.1, -0.05) is 24.6 Å². The predicted molar refractivity (Wildman–Crippen MR) is 127 cm³/mol. The maximum absolute atomic E-state index is 13.2. The van der Waals surface area contributed by atoms with Gasteiger partial charge in [-0.3, -0.25) is 4.79 Å². The summed E-state index contributed by atoms with van der Waals surface area (Å²) >= 11 is 0. The number of aliphatic hydroxyl groups excluding tert-OH is 1. The zero-order valence-corrected chi connectivity index (χ0v) is 21.3. The summed E-state index contributed by atoms with van der Waals surface area (Å²) in [6.45, 7) is 11.4. The Morgan fingerprint density at radius 3 is 2.38 bits per heavy atom. The summed E-state index contributed by atoms with van der Waals surface area (Å²) in [4.78, 5) is 12.1. The number of benzene rings is 2. The molecule has 0 amide bonds. The molecule has 2 aromatic carbocycles. The summed E-state index contributed by atoms with van der Waals surface area (Å²) in [5.74, 6) is 0.164. The number of hydrogen-bond acceptors (Lipinski definition) is 7. The minimum Gasteiger partial charge on any atom is -0.487 e. The smallest absolute Gasteiger partial charge is 0.339 e. The quantitative estimate of drug-likeness (QED) is 0.496. The number of hydrogen-bond donors (Lipinski definition) is 1. The Morgan fingerprint density at radius 1 is 1.12 bits per heavy atom. The molecule has 0 aliphatic carbocycles. The second kappa shape index (κ2) is 8.57. The van der Waals surface area contributed by atoms with Gasteiger partial charge in [0.2, 0.25) is 0 Å². The Kier molecular flexibility index (Phi) is 6.19. The summed E-state index contributed by atoms with van der Waals surface area (Å²) in [5.41, 5.74) is 3.43. The lowest BCUT2D eigenvalue weighted by Crippen LogP contribution is -2.36. The zero-order chi connectivity index (χ0) is 25.0. The van der Waals surface area contributed by atoms with Crippen LogP contribution in [0, 0.1) is 20.8 Å². The molecule has 1 N–H and O–H groups in total. The minimum absolute atomic E-state index is 0.0269. The molecule has 3 atom stereocenters. The van der Waals surface area contributed by atoms with Crippen LogP contribution in [0.4, 0.5) is 0 Å². The molecule has 0 saturated carbocycles. The van der Waals surface area contributed by atoms with E-state index in [-0.39, 0.29) is 23.0 Å². The van der Waals surface area contributed by atoms with E-state index in [4.69, 9.17) is 13.7 Å². The van der Waals surface area contributed by atoms with Crippen LogP contribution < -0.4 is 8.92 Å². The van der Waals surface area contributed by atoms with Gasteiger partial charge in [0.1, 0.15) is 28.1 Å². The first kappa shape index (κ1) is 24.5. The lowest BCUT2D eigenvalue weighted by atomic mass is 9.83. The highest BCUT2D eigenvalue weighted by Crippen LogP contribution is 2.50. The van der Waals surface area contributed by atoms with E-state index in [1.165, 1.54) is 12.1 Å². The lowest BCUT2D eigenvalue weighted by molar-refractivity contribution is -0.161. The van der Waals surface area contributed by atoms with Crippen molar-refractivity contribution in [1.29, 1.82) is 0 Å². The van der Waals surface area contributed by atoms with E-state index < -0.39 is 33.9 Å². The highest BCUT2D eigenvalue weighted by Gasteiger charge is 2.41. The highest BCUT2D eigenvalue weighted by molar-refractivity contribution is 7.87. The Labute approximate surface area is 201 Å². The van der Waals surface area contributed by atoms with E-state index in [2.05, 4.69) is 0 Å². The van der Waals surface area contributed by atoms with Crippen molar-refractivity contribution >= 4 is 16.1 Å². The summed E-state index contributed by atoms with van der Waals surface area (Å²) in [6.07, 6.45) is -0.475. The minimum atomic E-state index is -4.07. The largest absolute Gasteiger partial charge is 0.487 e. The Hall–Kier alpha value is -2.58. The molecule has 7 nitrogen and oxygen atoms in total. The molecule has 1 saturated heterocycles. The number of carbonyl (C=O) groups excluding carboxylic acids is 1. The normalized spacial score (nSPS) is 22.5. The molecule has 2 aliphatic rings. The van der Waals surface area contributed by atoms with Crippen LogP contribution >= 0.6 is 0 Å². The van der Waals surface area contributed by atoms with Crippen molar-refractivity contribution in [2.45, 2.75) is 89.4 Å². The van der Waals surface area contributed by atoms with Crippen LogP contribution in [0.5, 0.6) is 11.5 Å². The Balaban J connectivity index is 1.83. The first-order valence-electron chi connectivity index (χ1n) is 11.5. The van der Waals surface area contributed by atoms with E-state index in [1.807, 2.05) is 34.6 Å². The molecule has 2 heterocycles. The third-order valence-corrected chi connectivity index (χ3v) is 7.98. The molecule has 1 fully saturated rings. The molecule has 2 aliphatic heterocycles. The van der Waals surface area contributed by atoms with E-state index in [0.29, 0.717) is 29.7 Å². The average Bonchev–Trinajstić information content (AvgIpc) is 3.06. The zero-order valence-electron chi connectivity index (χ0n) is 20.5. The number of cyclic esters (lactones) is 1. The number of carbonyl (C=O) groups is 1. The third-order valence-electron chi connectivity index (χ3n) is 6.74. The van der Waals surface area contributed by atoms with Gasteiger partial charge >= 0.3 is 16.1 Å². The fraction of sp³-hybridized carbons (Fsp3) is 0.500. The summed E-state index contributed by atoms with van der Waals surface area (Å²) in [6, 6.07) is 6.51. The molecule has 0 aromatic heterocycles. The van der Waals surface area contributed by atoms with Crippen molar-refractivity contribution in [1.82, 2.24) is 0 Å². The van der Waals surface area contributed by atoms with E-state index in [0.717, 1.165) is 16.7 Å². The van der Waals surface area contributed by atoms with Crippen molar-refractivity contribution in [2.75, 3.05) is 0 Å². The number of fused-ring (bicyclic) bond motifs is 1. The molecule has 4 rings (SSSR count). The van der Waals surface area contributed by atoms with Crippen LogP contribution in [0.15, 0.2) is 29.2 Å². The van der Waals surface area contributed by atoms with Gasteiger partial charge in [-0.05, 0) is 46.8 Å². The van der Waals surface area contributed by atoms with Crippen LogP contribution in [0.1, 0.15) is 67.3 Å². The molecular formula is C26H32O7S. The molecule has 8 heteroatoms. The maximum Gasteiger partial charge on any atom is 0.339 e. The number of ether oxygens (including phenoxy) is 2. The number of aliphatic hydroxyl groups is 1. The molecule has 0 radical (unpaired) electrons. The number of rotatable bonds is 5. The monoisotopic (exact) mass is 488 g/mol. The fourth-order valence-corrected chi connectivity index (χ4v) is 5.98. The SMILES string of the molecule is Cc1ccc(S(=O)(=O)Oc2c(C)c3c(c(C(C)[C@@H]4C[C@@H](O)CC(=O)O4)c2C)OC(C)(C)C3)cc1. The summed E-state index contributed by atoms with van der Waals surface area (Å²) in [5, 5.41) is 10.2. The van der Waals surface area contributed by atoms with Crippen molar-refractivity contribution in [3.8, 4) is 11.5 Å². The summed E-state index contributed by atoms with van der Waals surface area (Å²) in [7, 11) is -4.07. The Morgan fingerprint density at radius 2 is 1.76 bits per heavy atom. The maximum atomic E-state index is 13.2. The van der Waals surface area contributed by atoms with Crippen LogP contribution in [-0.4, -0.2) is 37.3 Å². The van der Waals surface area contributed by atoms with Crippen LogP contribution in [-0.2, 0) is 26.1 Å². The second-order valence-electron chi connectivity index (χ2n) is 10.1. The average molecular weight is 489 g/mol. The number of esters is 1. The predicted octanol–water partition coefficient (Wildman–Crippen LogP) is 4.26. The molecular weight excluding hydrogens is 456 g/mol. The van der Waals surface area contributed by atoms with Gasteiger partial charge in [0, 0.05) is 41.0 Å². The highest BCUT2D eigenvalue weighted by atomic mass is 32.2. The van der Waals surface area contributed by atoms with E-state index in [9.17, 15) is 18.3 Å². The molecule has 2 aromatic rings. The topological polar surface area (TPSA) is 99.1 Å². The number of aryl methyl sites for hydroxylation is 1. The molecule has 0 bridgehead atoms. The van der Waals surface area contributed by atoms with Crippen molar-refractivity contribution < 1.29 is 32.0 Å². The van der Waals surface area contributed by atoms with Gasteiger partial charge in [-0.25, -0.2) is 0 Å². The Bertz CT molecular complexity index is 1230. The van der Waals surface area contributed by atoms with Crippen LogP contribution in [0.3, 0.4) is 0 Å². The first-order valence-corrected chi connectivity index (χ1v) is 12.9. The third kappa shape index (κ3) is 4.53. The standard InChI is InChI=1S/C26H32O7S/c1-14-7-9-19(10-8-14)34(29,30)33-24-15(2)20-13-26(5,6)32-25(20)23(17(24)4)16(3)21-11-18(27)12-22(28)31-21/h7-10,16,18,21,27H,11-13H2,1-6H3/t16?,18-,21+/m1/s1. The van der Waals surface area contributed by atoms with Gasteiger partial charge in [0.25, 0.3) is 0 Å². The van der Waals surface area contributed by atoms with E-state index in [1.54, 1.807) is 19.1 Å². The van der Waals surface area contributed by atoms with Crippen molar-refractivity contribution in [3.05, 3.63) is 52.1 Å². The fourth-order valence-electron chi connectivity index (χ4n) is 4.95. The molecule has 34 heavy (non-hydrogen) atoms. The lowest BCUT2D eigenvalue weighted by Gasteiger charge is -2.33. The van der Waals surface area contributed by atoms with Crippen molar-refractivity contribution in [2.24, 2.45) is 0 Å². The van der Waals surface area contributed by atoms with Gasteiger partial charge in [0.15, 0.2) is 0 Å². The van der Waals surface area contributed by atoms with E-state index >= 15 is 0 Å². The van der Waals surface area contributed by atoms with Gasteiger partial charge in [0.05, 0.1) is 12.5 Å². The molecule has 0 spiro atoms. The molecule has 1 unspecified atom stereocenters. The first-order chi connectivity index (χ1) is 15.8. The van der Waals surface area contributed by atoms with Crippen molar-refractivity contribution in [3.63, 3.8) is 0 Å². The van der Waals surface area contributed by atoms with Crippen LogP contribution in [0.25, 0.3) is 0 Å². The second-order valence-corrected chi connectivity index (χ2v) is 11.6. The molecule has 184 valence electrons. The van der Waals surface area contributed by atoms with Crippen LogP contribution in [0.2, 0.25) is 0 Å². The summed E-state index contributed by atoms with van der Waals surface area (Å²) < 4.78 is 44.0. The van der Waals surface area contributed by atoms with Gasteiger partial charge in [-0.2, -0.15) is 8.42 Å².